The molecule has 0 spiro atoms. The van der Waals surface area contributed by atoms with Crippen molar-refractivity contribution >= 4 is 0 Å². The highest BCUT2D eigenvalue weighted by Gasteiger charge is 2.33. The Hall–Kier alpha value is -3.21. The third kappa shape index (κ3) is 6.91. The standard InChI is InChI=1S/C25H29F2N3O5/c1-32-24-12-19(2-5-23(24)34-11-9-29-7-6-28-18-29)14-30-8-10-33-16-25(31,15-30)17-35-20-3-4-21(26)22(27)13-20/h2-7,12-13,18,31H,8-11,14-17H2,1H3/t25-/m1/s1. The summed E-state index contributed by atoms with van der Waals surface area (Å²) in [6.07, 6.45) is 5.33. The van der Waals surface area contributed by atoms with Gasteiger partial charge in [-0.1, -0.05) is 6.07 Å². The molecule has 1 fully saturated rings. The quantitative estimate of drug-likeness (QED) is 0.469. The summed E-state index contributed by atoms with van der Waals surface area (Å²) < 4.78 is 51.1. The molecule has 0 amide bonds. The Labute approximate surface area is 202 Å². The van der Waals surface area contributed by atoms with Crippen molar-refractivity contribution in [2.24, 2.45) is 0 Å². The highest BCUT2D eigenvalue weighted by molar-refractivity contribution is 5.43. The van der Waals surface area contributed by atoms with E-state index in [2.05, 4.69) is 9.88 Å². The van der Waals surface area contributed by atoms with Gasteiger partial charge < -0.3 is 28.6 Å². The molecule has 35 heavy (non-hydrogen) atoms. The summed E-state index contributed by atoms with van der Waals surface area (Å²) in [5.74, 6) is -0.550. The van der Waals surface area contributed by atoms with E-state index in [-0.39, 0.29) is 25.5 Å². The van der Waals surface area contributed by atoms with Crippen LogP contribution in [0.3, 0.4) is 0 Å². The van der Waals surface area contributed by atoms with Crippen LogP contribution in [0.1, 0.15) is 5.56 Å². The number of methoxy groups -OCH3 is 1. The predicted octanol–water partition coefficient (Wildman–Crippen LogP) is 2.89. The number of hydrogen-bond donors (Lipinski definition) is 1. The molecule has 2 aromatic carbocycles. The van der Waals surface area contributed by atoms with E-state index >= 15 is 0 Å². The maximum atomic E-state index is 13.5. The van der Waals surface area contributed by atoms with E-state index in [0.717, 1.165) is 17.7 Å². The van der Waals surface area contributed by atoms with Crippen LogP contribution in [0, 0.1) is 11.6 Å². The van der Waals surface area contributed by atoms with Crippen LogP contribution in [0.4, 0.5) is 8.78 Å². The molecule has 0 radical (unpaired) electrons. The summed E-state index contributed by atoms with van der Waals surface area (Å²) in [5.41, 5.74) is -0.337. The van der Waals surface area contributed by atoms with Crippen molar-refractivity contribution in [3.63, 3.8) is 0 Å². The number of imidazole rings is 1. The lowest BCUT2D eigenvalue weighted by Crippen LogP contribution is -2.48. The lowest BCUT2D eigenvalue weighted by molar-refractivity contribution is -0.0647. The van der Waals surface area contributed by atoms with Crippen molar-refractivity contribution in [2.75, 3.05) is 46.6 Å². The minimum absolute atomic E-state index is 0.0696. The number of aliphatic hydroxyl groups is 1. The molecule has 1 aliphatic heterocycles. The number of aromatic nitrogens is 2. The van der Waals surface area contributed by atoms with E-state index in [9.17, 15) is 13.9 Å². The molecule has 2 heterocycles. The highest BCUT2D eigenvalue weighted by atomic mass is 19.2. The fourth-order valence-electron chi connectivity index (χ4n) is 3.87. The van der Waals surface area contributed by atoms with Gasteiger partial charge in [-0.2, -0.15) is 0 Å². The Morgan fingerprint density at radius 2 is 2.00 bits per heavy atom. The van der Waals surface area contributed by atoms with Crippen molar-refractivity contribution < 1.29 is 32.8 Å². The summed E-state index contributed by atoms with van der Waals surface area (Å²) >= 11 is 0. The van der Waals surface area contributed by atoms with Crippen molar-refractivity contribution in [1.29, 1.82) is 0 Å². The molecular weight excluding hydrogens is 460 g/mol. The fraction of sp³-hybridized carbons (Fsp3) is 0.400. The number of hydrogen-bond acceptors (Lipinski definition) is 7. The van der Waals surface area contributed by atoms with Gasteiger partial charge in [-0.25, -0.2) is 13.8 Å². The third-order valence-electron chi connectivity index (χ3n) is 5.64. The minimum atomic E-state index is -1.32. The average Bonchev–Trinajstić information content (AvgIpc) is 3.30. The van der Waals surface area contributed by atoms with Gasteiger partial charge in [0.05, 0.1) is 33.2 Å². The molecule has 0 saturated carbocycles. The molecule has 188 valence electrons. The first-order chi connectivity index (χ1) is 16.9. The SMILES string of the molecule is COc1cc(CN2CCOC[C@@](O)(COc3ccc(F)c(F)c3)C2)ccc1OCCn1ccnc1. The second-order valence-corrected chi connectivity index (χ2v) is 8.49. The van der Waals surface area contributed by atoms with Gasteiger partial charge in [0.1, 0.15) is 24.6 Å². The van der Waals surface area contributed by atoms with Gasteiger partial charge in [0.15, 0.2) is 23.1 Å². The molecule has 1 N–H and O–H groups in total. The lowest BCUT2D eigenvalue weighted by atomic mass is 10.1. The van der Waals surface area contributed by atoms with E-state index in [1.54, 1.807) is 19.6 Å². The molecule has 1 atom stereocenters. The molecule has 0 unspecified atom stereocenters. The van der Waals surface area contributed by atoms with E-state index in [1.165, 1.54) is 6.07 Å². The Kier molecular flexibility index (Phi) is 8.17. The van der Waals surface area contributed by atoms with Crippen LogP contribution < -0.4 is 14.2 Å². The van der Waals surface area contributed by atoms with E-state index in [4.69, 9.17) is 18.9 Å². The topological polar surface area (TPSA) is 78.2 Å². The van der Waals surface area contributed by atoms with Crippen LogP contribution in [0.2, 0.25) is 0 Å². The number of ether oxygens (including phenoxy) is 4. The van der Waals surface area contributed by atoms with Crippen molar-refractivity contribution in [3.8, 4) is 17.2 Å². The molecule has 1 aromatic heterocycles. The number of nitrogens with zero attached hydrogens (tertiary/aromatic N) is 3. The van der Waals surface area contributed by atoms with Gasteiger partial charge in [0.25, 0.3) is 0 Å². The molecule has 10 heteroatoms. The second kappa shape index (κ2) is 11.5. The molecule has 0 aliphatic carbocycles. The first-order valence-electron chi connectivity index (χ1n) is 11.3. The molecule has 1 saturated heterocycles. The van der Waals surface area contributed by atoms with Crippen LogP contribution in [0.15, 0.2) is 55.1 Å². The van der Waals surface area contributed by atoms with Crippen LogP contribution in [0.5, 0.6) is 17.2 Å². The predicted molar refractivity (Wildman–Crippen MR) is 124 cm³/mol. The monoisotopic (exact) mass is 489 g/mol. The second-order valence-electron chi connectivity index (χ2n) is 8.49. The summed E-state index contributed by atoms with van der Waals surface area (Å²) in [6.45, 7) is 2.97. The molecule has 8 nitrogen and oxygen atoms in total. The number of halogens is 2. The van der Waals surface area contributed by atoms with Crippen molar-refractivity contribution in [1.82, 2.24) is 14.5 Å². The summed E-state index contributed by atoms with van der Waals surface area (Å²) in [6, 6.07) is 9.01. The van der Waals surface area contributed by atoms with Gasteiger partial charge >= 0.3 is 0 Å². The van der Waals surface area contributed by atoms with E-state index < -0.39 is 17.2 Å². The molecular formula is C25H29F2N3O5. The Morgan fingerprint density at radius 1 is 1.11 bits per heavy atom. The third-order valence-corrected chi connectivity index (χ3v) is 5.64. The van der Waals surface area contributed by atoms with Gasteiger partial charge in [-0.3, -0.25) is 4.90 Å². The van der Waals surface area contributed by atoms with Crippen LogP contribution in [0.25, 0.3) is 0 Å². The summed E-state index contributed by atoms with van der Waals surface area (Å²) in [7, 11) is 1.59. The largest absolute Gasteiger partial charge is 0.493 e. The first-order valence-corrected chi connectivity index (χ1v) is 11.3. The normalized spacial score (nSPS) is 18.7. The zero-order chi connectivity index (χ0) is 24.7. The van der Waals surface area contributed by atoms with Crippen LogP contribution in [-0.2, 0) is 17.8 Å². The lowest BCUT2D eigenvalue weighted by Gasteiger charge is -2.30. The van der Waals surface area contributed by atoms with Crippen LogP contribution in [-0.4, -0.2) is 71.8 Å². The highest BCUT2D eigenvalue weighted by Crippen LogP contribution is 2.29. The Bertz CT molecular complexity index is 1100. The molecule has 3 aromatic rings. The van der Waals surface area contributed by atoms with Gasteiger partial charge in [0, 0.05) is 38.1 Å². The number of benzene rings is 2. The number of β-amino-alcohol motifs (C(OH)–C–C–N with tert-alkyl or cyclic N) is 1. The zero-order valence-corrected chi connectivity index (χ0v) is 19.5. The van der Waals surface area contributed by atoms with Gasteiger partial charge in [0.2, 0.25) is 0 Å². The maximum absolute atomic E-state index is 13.5. The van der Waals surface area contributed by atoms with Crippen LogP contribution >= 0.6 is 0 Å². The average molecular weight is 490 g/mol. The van der Waals surface area contributed by atoms with Gasteiger partial charge in [-0.05, 0) is 29.8 Å². The van der Waals surface area contributed by atoms with E-state index in [0.29, 0.717) is 44.3 Å². The Morgan fingerprint density at radius 3 is 2.77 bits per heavy atom. The van der Waals surface area contributed by atoms with Crippen molar-refractivity contribution in [2.45, 2.75) is 18.7 Å². The summed E-state index contributed by atoms with van der Waals surface area (Å²) in [5, 5.41) is 11.1. The van der Waals surface area contributed by atoms with Gasteiger partial charge in [-0.15, -0.1) is 0 Å². The first kappa shape index (κ1) is 24.9. The van der Waals surface area contributed by atoms with Crippen molar-refractivity contribution in [3.05, 3.63) is 72.3 Å². The number of rotatable bonds is 10. The zero-order valence-electron chi connectivity index (χ0n) is 19.5. The molecule has 0 bridgehead atoms. The smallest absolute Gasteiger partial charge is 0.162 e. The minimum Gasteiger partial charge on any atom is -0.493 e. The molecule has 1 aliphatic rings. The Balaban J connectivity index is 1.35. The van der Waals surface area contributed by atoms with E-state index in [1.807, 2.05) is 29.0 Å². The fourth-order valence-corrected chi connectivity index (χ4v) is 3.87. The molecule has 4 rings (SSSR count). The summed E-state index contributed by atoms with van der Waals surface area (Å²) in [4.78, 5) is 6.07. The maximum Gasteiger partial charge on any atom is 0.162 e.